The van der Waals surface area contributed by atoms with E-state index in [4.69, 9.17) is 4.74 Å². The van der Waals surface area contributed by atoms with Crippen molar-refractivity contribution in [2.24, 2.45) is 7.05 Å². The van der Waals surface area contributed by atoms with Crippen molar-refractivity contribution in [3.63, 3.8) is 0 Å². The Morgan fingerprint density at radius 2 is 1.91 bits per heavy atom. The lowest BCUT2D eigenvalue weighted by Gasteiger charge is -2.28. The number of aryl methyl sites for hydroxylation is 2. The molecule has 1 aromatic carbocycles. The van der Waals surface area contributed by atoms with Gasteiger partial charge in [0.25, 0.3) is 5.56 Å². The number of H-pyrrole nitrogens is 1. The van der Waals surface area contributed by atoms with Gasteiger partial charge in [-0.25, -0.2) is 4.79 Å². The molecule has 0 spiro atoms. The largest absolute Gasteiger partial charge is 0.491 e. The number of hydrogen-bond donors (Lipinski definition) is 2. The third-order valence-electron chi connectivity index (χ3n) is 6.24. The fourth-order valence-electron chi connectivity index (χ4n) is 4.42. The van der Waals surface area contributed by atoms with Crippen LogP contribution in [-0.2, 0) is 13.6 Å². The summed E-state index contributed by atoms with van der Waals surface area (Å²) < 4.78 is 9.09. The fourth-order valence-corrected chi connectivity index (χ4v) is 4.42. The number of hydrogen-bond acceptors (Lipinski definition) is 6. The first-order valence-electron chi connectivity index (χ1n) is 11.6. The molecule has 1 aliphatic rings. The molecular weight excluding hydrogens is 422 g/mol. The van der Waals surface area contributed by atoms with E-state index < -0.39 is 17.4 Å². The Morgan fingerprint density at radius 3 is 2.61 bits per heavy atom. The molecule has 9 heteroatoms. The molecule has 1 fully saturated rings. The minimum atomic E-state index is -0.872. The van der Waals surface area contributed by atoms with Gasteiger partial charge in [-0.15, -0.1) is 0 Å². The van der Waals surface area contributed by atoms with E-state index in [0.29, 0.717) is 17.5 Å². The van der Waals surface area contributed by atoms with Crippen molar-refractivity contribution < 1.29 is 9.84 Å². The van der Waals surface area contributed by atoms with Gasteiger partial charge in [0, 0.05) is 20.1 Å². The molecule has 4 rings (SSSR count). The zero-order valence-electron chi connectivity index (χ0n) is 19.8. The van der Waals surface area contributed by atoms with E-state index in [1.165, 1.54) is 4.57 Å². The molecular formula is C24H33N5O4. The molecule has 2 aromatic heterocycles. The third-order valence-corrected chi connectivity index (χ3v) is 6.24. The standard InChI is InChI=1S/C24H33N5O4/c1-15(2)18-9-8-16(3)12-19(18)33-14-17(30)13-29-20-21(27(4)24(32)26-22(20)31)25-23(29)28-10-6-5-7-11-28/h8-9,12,15,17,30H,5-7,10-11,13-14H2,1-4H3,(H,26,31,32)/t17-/m0/s1. The Hall–Kier alpha value is -3.07. The highest BCUT2D eigenvalue weighted by molar-refractivity contribution is 5.74. The lowest BCUT2D eigenvalue weighted by Crippen LogP contribution is -2.34. The third kappa shape index (κ3) is 4.68. The van der Waals surface area contributed by atoms with E-state index in [0.717, 1.165) is 49.2 Å². The van der Waals surface area contributed by atoms with E-state index in [-0.39, 0.29) is 18.7 Å². The summed E-state index contributed by atoms with van der Waals surface area (Å²) in [6.07, 6.45) is 2.36. The highest BCUT2D eigenvalue weighted by Gasteiger charge is 2.24. The highest BCUT2D eigenvalue weighted by atomic mass is 16.5. The van der Waals surface area contributed by atoms with Crippen molar-refractivity contribution in [2.45, 2.75) is 58.6 Å². The number of fused-ring (bicyclic) bond motifs is 1. The highest BCUT2D eigenvalue weighted by Crippen LogP contribution is 2.28. The van der Waals surface area contributed by atoms with Crippen molar-refractivity contribution in [3.8, 4) is 5.75 Å². The van der Waals surface area contributed by atoms with Gasteiger partial charge >= 0.3 is 5.69 Å². The number of benzene rings is 1. The zero-order chi connectivity index (χ0) is 23.7. The molecule has 3 aromatic rings. The molecule has 0 bridgehead atoms. The summed E-state index contributed by atoms with van der Waals surface area (Å²) in [5.74, 6) is 1.66. The number of nitrogens with zero attached hydrogens (tertiary/aromatic N) is 4. The van der Waals surface area contributed by atoms with Crippen LogP contribution in [0.25, 0.3) is 11.2 Å². The SMILES string of the molecule is Cc1ccc(C(C)C)c(OC[C@@H](O)Cn2c(N3CCCCC3)nc3c2c(=O)[nH]c(=O)n3C)c1. The quantitative estimate of drug-likeness (QED) is 0.566. The van der Waals surface area contributed by atoms with E-state index >= 15 is 0 Å². The smallest absolute Gasteiger partial charge is 0.329 e. The number of piperidine rings is 1. The predicted molar refractivity (Wildman–Crippen MR) is 128 cm³/mol. The van der Waals surface area contributed by atoms with Gasteiger partial charge in [0.05, 0.1) is 6.54 Å². The molecule has 33 heavy (non-hydrogen) atoms. The van der Waals surface area contributed by atoms with Crippen LogP contribution < -0.4 is 20.9 Å². The first-order valence-corrected chi connectivity index (χ1v) is 11.6. The van der Waals surface area contributed by atoms with Crippen LogP contribution in [0.15, 0.2) is 27.8 Å². The van der Waals surface area contributed by atoms with E-state index in [2.05, 4.69) is 40.8 Å². The summed E-state index contributed by atoms with van der Waals surface area (Å²) in [5, 5.41) is 10.9. The summed E-state index contributed by atoms with van der Waals surface area (Å²) in [6.45, 7) is 8.07. The van der Waals surface area contributed by atoms with Crippen LogP contribution >= 0.6 is 0 Å². The van der Waals surface area contributed by atoms with Crippen molar-refractivity contribution >= 4 is 17.1 Å². The van der Waals surface area contributed by atoms with Gasteiger partial charge in [0.2, 0.25) is 5.95 Å². The topological polar surface area (TPSA) is 105 Å². The van der Waals surface area contributed by atoms with Gasteiger partial charge in [-0.1, -0.05) is 26.0 Å². The van der Waals surface area contributed by atoms with Crippen molar-refractivity contribution in [1.29, 1.82) is 0 Å². The summed E-state index contributed by atoms with van der Waals surface area (Å²) in [6, 6.07) is 6.09. The predicted octanol–water partition coefficient (Wildman–Crippen LogP) is 2.29. The number of aliphatic hydroxyl groups is 1. The number of aromatic amines is 1. The second-order valence-corrected chi connectivity index (χ2v) is 9.22. The van der Waals surface area contributed by atoms with E-state index in [1.54, 1.807) is 11.6 Å². The number of rotatable bonds is 7. The number of aromatic nitrogens is 4. The first-order chi connectivity index (χ1) is 15.8. The van der Waals surface area contributed by atoms with E-state index in [1.807, 2.05) is 13.0 Å². The van der Waals surface area contributed by atoms with Crippen LogP contribution in [0.5, 0.6) is 5.75 Å². The second kappa shape index (κ2) is 9.43. The fraction of sp³-hybridized carbons (Fsp3) is 0.542. The molecule has 9 nitrogen and oxygen atoms in total. The van der Waals surface area contributed by atoms with Gasteiger partial charge in [-0.2, -0.15) is 4.98 Å². The zero-order valence-corrected chi connectivity index (χ0v) is 19.8. The monoisotopic (exact) mass is 455 g/mol. The van der Waals surface area contributed by atoms with Crippen LogP contribution in [0.1, 0.15) is 50.2 Å². The summed E-state index contributed by atoms with van der Waals surface area (Å²) in [7, 11) is 1.59. The minimum absolute atomic E-state index is 0.0754. The van der Waals surface area contributed by atoms with Gasteiger partial charge in [0.1, 0.15) is 18.5 Å². The molecule has 0 amide bonds. The Morgan fingerprint density at radius 1 is 1.18 bits per heavy atom. The molecule has 3 heterocycles. The molecule has 0 radical (unpaired) electrons. The van der Waals surface area contributed by atoms with Gasteiger partial charge in [0.15, 0.2) is 11.2 Å². The van der Waals surface area contributed by atoms with E-state index in [9.17, 15) is 14.7 Å². The lowest BCUT2D eigenvalue weighted by molar-refractivity contribution is 0.0929. The number of aliphatic hydroxyl groups excluding tert-OH is 1. The average Bonchev–Trinajstić information content (AvgIpc) is 3.16. The Balaban J connectivity index is 1.65. The Kier molecular flexibility index (Phi) is 6.60. The van der Waals surface area contributed by atoms with Gasteiger partial charge in [-0.05, 0) is 49.3 Å². The Bertz CT molecular complexity index is 1250. The molecule has 0 saturated carbocycles. The summed E-state index contributed by atoms with van der Waals surface area (Å²) in [4.78, 5) is 34.0. The first kappa shape index (κ1) is 23.1. The maximum absolute atomic E-state index is 12.7. The number of imidazole rings is 1. The lowest BCUT2D eigenvalue weighted by atomic mass is 10.0. The van der Waals surface area contributed by atoms with Gasteiger partial charge < -0.3 is 19.3 Å². The molecule has 0 aliphatic carbocycles. The van der Waals surface area contributed by atoms with Crippen molar-refractivity contribution in [1.82, 2.24) is 19.1 Å². The molecule has 1 aliphatic heterocycles. The number of nitrogens with one attached hydrogen (secondary N) is 1. The minimum Gasteiger partial charge on any atom is -0.491 e. The van der Waals surface area contributed by atoms with Crippen LogP contribution in [0, 0.1) is 6.92 Å². The molecule has 0 unspecified atom stereocenters. The summed E-state index contributed by atoms with van der Waals surface area (Å²) in [5.41, 5.74) is 1.77. The van der Waals surface area contributed by atoms with Crippen molar-refractivity contribution in [3.05, 3.63) is 50.2 Å². The second-order valence-electron chi connectivity index (χ2n) is 9.22. The molecule has 178 valence electrons. The molecule has 2 N–H and O–H groups in total. The van der Waals surface area contributed by atoms with Gasteiger partial charge in [-0.3, -0.25) is 14.3 Å². The maximum atomic E-state index is 12.7. The van der Waals surface area contributed by atoms with Crippen LogP contribution in [0.2, 0.25) is 0 Å². The number of anilines is 1. The molecule has 1 atom stereocenters. The molecule has 1 saturated heterocycles. The van der Waals surface area contributed by atoms with Crippen LogP contribution in [0.4, 0.5) is 5.95 Å². The normalized spacial score (nSPS) is 15.4. The van der Waals surface area contributed by atoms with Crippen LogP contribution in [-0.4, -0.2) is 50.0 Å². The number of ether oxygens (including phenoxy) is 1. The van der Waals surface area contributed by atoms with Crippen molar-refractivity contribution in [2.75, 3.05) is 24.6 Å². The average molecular weight is 456 g/mol. The Labute approximate surface area is 192 Å². The summed E-state index contributed by atoms with van der Waals surface area (Å²) >= 11 is 0. The maximum Gasteiger partial charge on any atom is 0.329 e. The van der Waals surface area contributed by atoms with Crippen LogP contribution in [0.3, 0.4) is 0 Å².